The molecule has 0 aliphatic heterocycles. The summed E-state index contributed by atoms with van der Waals surface area (Å²) in [7, 11) is 0. The number of carbonyl (C=O) groups excluding carboxylic acids is 1. The van der Waals surface area contributed by atoms with Crippen molar-refractivity contribution in [1.82, 2.24) is 4.90 Å². The van der Waals surface area contributed by atoms with E-state index in [0.29, 0.717) is 0 Å². The van der Waals surface area contributed by atoms with Crippen molar-refractivity contribution in [2.45, 2.75) is 32.2 Å². The van der Waals surface area contributed by atoms with E-state index in [1.807, 2.05) is 0 Å². The number of halogens is 3. The topological polar surface area (TPSA) is 20.3 Å². The van der Waals surface area contributed by atoms with Crippen LogP contribution in [-0.2, 0) is 4.79 Å². The molecule has 90 valence electrons. The second kappa shape index (κ2) is 5.63. The monoisotopic (exact) mass is 243 g/mol. The fraction of sp³-hybridized carbons (Fsp3) is 0.889. The zero-order valence-corrected chi connectivity index (χ0v) is 9.90. The predicted molar refractivity (Wildman–Crippen MR) is 55.9 cm³/mol. The summed E-state index contributed by atoms with van der Waals surface area (Å²) < 4.78 is 36.3. The smallest absolute Gasteiger partial charge is 0.333 e. The lowest BCUT2D eigenvalue weighted by molar-refractivity contribution is -0.160. The van der Waals surface area contributed by atoms with E-state index in [2.05, 4.69) is 12.6 Å². The van der Waals surface area contributed by atoms with Crippen molar-refractivity contribution in [3.05, 3.63) is 0 Å². The standard InChI is InChI=1S/C9H16F3NOS/c1-4-13(5-9(10,11)12)8(14)7(15)6(2)3/h6-7,15H,4-5H2,1-3H3. The summed E-state index contributed by atoms with van der Waals surface area (Å²) in [5.41, 5.74) is 0. The summed E-state index contributed by atoms with van der Waals surface area (Å²) in [4.78, 5) is 12.3. The third-order valence-electron chi connectivity index (χ3n) is 1.95. The van der Waals surface area contributed by atoms with Gasteiger partial charge in [-0.3, -0.25) is 4.79 Å². The molecule has 0 saturated carbocycles. The molecule has 0 saturated heterocycles. The van der Waals surface area contributed by atoms with E-state index < -0.39 is 23.9 Å². The first-order chi connectivity index (χ1) is 6.69. The maximum Gasteiger partial charge on any atom is 0.406 e. The first-order valence-electron chi connectivity index (χ1n) is 4.72. The zero-order valence-electron chi connectivity index (χ0n) is 9.01. The number of thiol groups is 1. The van der Waals surface area contributed by atoms with E-state index in [9.17, 15) is 18.0 Å². The molecule has 0 N–H and O–H groups in total. The molecule has 6 heteroatoms. The molecule has 0 aromatic carbocycles. The normalized spacial score (nSPS) is 14.1. The second-order valence-corrected chi connectivity index (χ2v) is 4.21. The van der Waals surface area contributed by atoms with Crippen molar-refractivity contribution in [2.75, 3.05) is 13.1 Å². The van der Waals surface area contributed by atoms with Gasteiger partial charge >= 0.3 is 6.18 Å². The lowest BCUT2D eigenvalue weighted by Crippen LogP contribution is -2.43. The highest BCUT2D eigenvalue weighted by Crippen LogP contribution is 2.19. The van der Waals surface area contributed by atoms with E-state index in [1.54, 1.807) is 13.8 Å². The number of nitrogens with zero attached hydrogens (tertiary/aromatic N) is 1. The van der Waals surface area contributed by atoms with Crippen molar-refractivity contribution in [1.29, 1.82) is 0 Å². The molecule has 0 rings (SSSR count). The van der Waals surface area contributed by atoms with Crippen molar-refractivity contribution < 1.29 is 18.0 Å². The molecule has 2 nitrogen and oxygen atoms in total. The fourth-order valence-corrected chi connectivity index (χ4v) is 1.20. The average molecular weight is 243 g/mol. The summed E-state index contributed by atoms with van der Waals surface area (Å²) >= 11 is 4.00. The Morgan fingerprint density at radius 2 is 1.87 bits per heavy atom. The number of rotatable bonds is 4. The Hall–Kier alpha value is -0.390. The van der Waals surface area contributed by atoms with Crippen molar-refractivity contribution >= 4 is 18.5 Å². The number of alkyl halides is 3. The lowest BCUT2D eigenvalue weighted by atomic mass is 10.1. The minimum atomic E-state index is -4.35. The molecular formula is C9H16F3NOS. The van der Waals surface area contributed by atoms with Crippen LogP contribution in [0.3, 0.4) is 0 Å². The summed E-state index contributed by atoms with van der Waals surface area (Å²) in [6, 6.07) is 0. The number of hydrogen-bond acceptors (Lipinski definition) is 2. The van der Waals surface area contributed by atoms with Crippen LogP contribution in [0.2, 0.25) is 0 Å². The van der Waals surface area contributed by atoms with Gasteiger partial charge in [0, 0.05) is 6.54 Å². The van der Waals surface area contributed by atoms with Gasteiger partial charge in [-0.15, -0.1) is 0 Å². The molecule has 0 aliphatic carbocycles. The van der Waals surface area contributed by atoms with Crippen LogP contribution >= 0.6 is 12.6 Å². The Balaban J connectivity index is 4.48. The van der Waals surface area contributed by atoms with E-state index in [-0.39, 0.29) is 12.5 Å². The third-order valence-corrected chi connectivity index (χ3v) is 2.77. The summed E-state index contributed by atoms with van der Waals surface area (Å²) in [6.07, 6.45) is -4.35. The minimum Gasteiger partial charge on any atom is -0.333 e. The highest BCUT2D eigenvalue weighted by atomic mass is 32.1. The SMILES string of the molecule is CCN(CC(F)(F)F)C(=O)C(S)C(C)C. The molecule has 0 aromatic heterocycles. The van der Waals surface area contributed by atoms with Gasteiger partial charge in [0.05, 0.1) is 5.25 Å². The first-order valence-corrected chi connectivity index (χ1v) is 5.24. The predicted octanol–water partition coefficient (Wildman–Crippen LogP) is 2.35. The Morgan fingerprint density at radius 1 is 1.40 bits per heavy atom. The molecule has 0 aromatic rings. The average Bonchev–Trinajstić information content (AvgIpc) is 2.10. The van der Waals surface area contributed by atoms with Crippen LogP contribution in [0.15, 0.2) is 0 Å². The molecule has 0 heterocycles. The number of amides is 1. The first kappa shape index (κ1) is 14.6. The van der Waals surface area contributed by atoms with E-state index in [0.717, 1.165) is 4.90 Å². The molecule has 1 atom stereocenters. The van der Waals surface area contributed by atoms with Crippen LogP contribution < -0.4 is 0 Å². The van der Waals surface area contributed by atoms with Gasteiger partial charge in [-0.2, -0.15) is 25.8 Å². The fourth-order valence-electron chi connectivity index (χ4n) is 1.03. The second-order valence-electron chi connectivity index (χ2n) is 3.66. The lowest BCUT2D eigenvalue weighted by Gasteiger charge is -2.26. The van der Waals surface area contributed by atoms with Gasteiger partial charge in [0.2, 0.25) is 5.91 Å². The van der Waals surface area contributed by atoms with E-state index >= 15 is 0 Å². The molecule has 0 bridgehead atoms. The highest BCUT2D eigenvalue weighted by Gasteiger charge is 2.34. The molecule has 0 spiro atoms. The number of carbonyl (C=O) groups is 1. The Kier molecular flexibility index (Phi) is 5.48. The quantitative estimate of drug-likeness (QED) is 0.751. The zero-order chi connectivity index (χ0) is 12.2. The van der Waals surface area contributed by atoms with Gasteiger partial charge < -0.3 is 4.90 Å². The summed E-state index contributed by atoms with van der Waals surface area (Å²) in [5.74, 6) is -0.642. The van der Waals surface area contributed by atoms with Crippen LogP contribution in [0, 0.1) is 5.92 Å². The van der Waals surface area contributed by atoms with Crippen LogP contribution in [0.4, 0.5) is 13.2 Å². The molecule has 15 heavy (non-hydrogen) atoms. The molecule has 0 fully saturated rings. The Morgan fingerprint density at radius 3 is 2.13 bits per heavy atom. The van der Waals surface area contributed by atoms with E-state index in [4.69, 9.17) is 0 Å². The van der Waals surface area contributed by atoms with Crippen molar-refractivity contribution in [3.8, 4) is 0 Å². The van der Waals surface area contributed by atoms with E-state index in [1.165, 1.54) is 6.92 Å². The Bertz CT molecular complexity index is 218. The minimum absolute atomic E-state index is 0.0438. The number of hydrogen-bond donors (Lipinski definition) is 1. The van der Waals surface area contributed by atoms with Crippen LogP contribution in [-0.4, -0.2) is 35.3 Å². The molecule has 1 unspecified atom stereocenters. The largest absolute Gasteiger partial charge is 0.406 e. The van der Waals surface area contributed by atoms with Gasteiger partial charge in [-0.1, -0.05) is 13.8 Å². The Labute approximate surface area is 93.2 Å². The van der Waals surface area contributed by atoms with Crippen LogP contribution in [0.25, 0.3) is 0 Å². The maximum atomic E-state index is 12.1. The van der Waals surface area contributed by atoms with Crippen LogP contribution in [0.5, 0.6) is 0 Å². The van der Waals surface area contributed by atoms with Gasteiger partial charge in [0.1, 0.15) is 6.54 Å². The van der Waals surface area contributed by atoms with Crippen LogP contribution in [0.1, 0.15) is 20.8 Å². The highest BCUT2D eigenvalue weighted by molar-refractivity contribution is 7.81. The molecule has 1 amide bonds. The van der Waals surface area contributed by atoms with Gasteiger partial charge in [-0.05, 0) is 12.8 Å². The van der Waals surface area contributed by atoms with Gasteiger partial charge in [0.25, 0.3) is 0 Å². The summed E-state index contributed by atoms with van der Waals surface area (Å²) in [5, 5.41) is -0.674. The molecular weight excluding hydrogens is 227 g/mol. The summed E-state index contributed by atoms with van der Waals surface area (Å²) in [6.45, 7) is 3.85. The maximum absolute atomic E-state index is 12.1. The van der Waals surface area contributed by atoms with Gasteiger partial charge in [0.15, 0.2) is 0 Å². The van der Waals surface area contributed by atoms with Crippen molar-refractivity contribution in [3.63, 3.8) is 0 Å². The molecule has 0 radical (unpaired) electrons. The molecule has 0 aliphatic rings. The van der Waals surface area contributed by atoms with Crippen molar-refractivity contribution in [2.24, 2.45) is 5.92 Å². The van der Waals surface area contributed by atoms with Gasteiger partial charge in [-0.25, -0.2) is 0 Å². The third kappa shape index (κ3) is 5.30.